The molecule has 0 fully saturated rings. The van der Waals surface area contributed by atoms with Crippen molar-refractivity contribution < 1.29 is 4.79 Å². The van der Waals surface area contributed by atoms with Gasteiger partial charge >= 0.3 is 0 Å². The zero-order chi connectivity index (χ0) is 12.7. The number of rotatable bonds is 5. The molecule has 7 heteroatoms. The van der Waals surface area contributed by atoms with Gasteiger partial charge < -0.3 is 5.32 Å². The third kappa shape index (κ3) is 4.80. The number of hydrogen-bond acceptors (Lipinski definition) is 2. The van der Waals surface area contributed by atoms with Crippen LogP contribution in [-0.2, 0) is 0 Å². The highest BCUT2D eigenvalue weighted by Gasteiger charge is 2.06. The first-order valence-corrected chi connectivity index (χ1v) is 6.35. The van der Waals surface area contributed by atoms with Gasteiger partial charge in [0.15, 0.2) is 0 Å². The second-order valence-corrected chi connectivity index (χ2v) is 4.76. The molecule has 0 spiro atoms. The molecule has 0 unspecified atom stereocenters. The van der Waals surface area contributed by atoms with Crippen LogP contribution in [0, 0.1) is 3.57 Å². The van der Waals surface area contributed by atoms with Crippen molar-refractivity contribution in [3.8, 4) is 0 Å². The van der Waals surface area contributed by atoms with E-state index in [0.717, 1.165) is 3.57 Å². The van der Waals surface area contributed by atoms with E-state index < -0.39 is 0 Å². The Morgan fingerprint density at radius 2 is 2.35 bits per heavy atom. The van der Waals surface area contributed by atoms with Crippen LogP contribution < -0.4 is 5.32 Å². The summed E-state index contributed by atoms with van der Waals surface area (Å²) in [6, 6.07) is 5.14. The fourth-order valence-corrected chi connectivity index (χ4v) is 1.65. The fraction of sp³-hybridized carbons (Fsp3) is 0.300. The fourth-order valence-electron chi connectivity index (χ4n) is 1.14. The van der Waals surface area contributed by atoms with Crippen molar-refractivity contribution in [2.45, 2.75) is 6.42 Å². The van der Waals surface area contributed by atoms with Crippen molar-refractivity contribution in [1.29, 1.82) is 0 Å². The van der Waals surface area contributed by atoms with E-state index in [0.29, 0.717) is 30.1 Å². The molecule has 0 saturated heterocycles. The minimum atomic E-state index is -0.177. The lowest BCUT2D eigenvalue weighted by atomic mass is 10.2. The summed E-state index contributed by atoms with van der Waals surface area (Å²) in [5.41, 5.74) is 8.59. The lowest BCUT2D eigenvalue weighted by Gasteiger charge is -2.05. The molecule has 0 aliphatic carbocycles. The third-order valence-electron chi connectivity index (χ3n) is 1.97. The van der Waals surface area contributed by atoms with Gasteiger partial charge in [-0.15, -0.1) is 0 Å². The first-order valence-electron chi connectivity index (χ1n) is 4.89. The number of nitrogens with one attached hydrogen (secondary N) is 1. The summed E-state index contributed by atoms with van der Waals surface area (Å²) in [5, 5.41) is 6.66. The maximum atomic E-state index is 11.7. The van der Waals surface area contributed by atoms with E-state index in [1.165, 1.54) is 0 Å². The molecule has 5 nitrogen and oxygen atoms in total. The summed E-state index contributed by atoms with van der Waals surface area (Å²) in [5.74, 6) is -0.177. The summed E-state index contributed by atoms with van der Waals surface area (Å²) >= 11 is 8.02. The zero-order valence-corrected chi connectivity index (χ0v) is 11.8. The molecule has 1 rings (SSSR count). The highest BCUT2D eigenvalue weighted by molar-refractivity contribution is 14.1. The highest BCUT2D eigenvalue weighted by atomic mass is 127. The average molecular weight is 365 g/mol. The lowest BCUT2D eigenvalue weighted by Crippen LogP contribution is -2.24. The minimum absolute atomic E-state index is 0.177. The molecule has 0 heterocycles. The van der Waals surface area contributed by atoms with E-state index in [9.17, 15) is 4.79 Å². The highest BCUT2D eigenvalue weighted by Crippen LogP contribution is 2.19. The van der Waals surface area contributed by atoms with E-state index in [2.05, 4.69) is 37.9 Å². The molecule has 1 amide bonds. The molecule has 0 radical (unpaired) electrons. The number of nitrogens with zero attached hydrogens (tertiary/aromatic N) is 3. The van der Waals surface area contributed by atoms with Crippen LogP contribution in [0.3, 0.4) is 0 Å². The molecule has 1 aromatic rings. The van der Waals surface area contributed by atoms with Gasteiger partial charge in [0.2, 0.25) is 0 Å². The Morgan fingerprint density at radius 1 is 1.59 bits per heavy atom. The topological polar surface area (TPSA) is 77.9 Å². The van der Waals surface area contributed by atoms with E-state index >= 15 is 0 Å². The van der Waals surface area contributed by atoms with Gasteiger partial charge in [0.25, 0.3) is 5.91 Å². The molecule has 0 aliphatic heterocycles. The molecule has 90 valence electrons. The predicted octanol–water partition coefficient (Wildman–Crippen LogP) is 3.37. The molecule has 0 saturated carbocycles. The Hall–Kier alpha value is -0.980. The van der Waals surface area contributed by atoms with Gasteiger partial charge in [-0.25, -0.2) is 0 Å². The quantitative estimate of drug-likeness (QED) is 0.281. The number of carbonyl (C=O) groups is 1. The van der Waals surface area contributed by atoms with Gasteiger partial charge in [-0.05, 0) is 52.7 Å². The number of benzene rings is 1. The second-order valence-electron chi connectivity index (χ2n) is 3.19. The standard InChI is InChI=1S/C10H10ClIN4O/c11-8-6-7(2-3-9(8)12)10(17)14-4-1-5-15-16-13/h2-3,6H,1,4-5H2,(H,14,17). The van der Waals surface area contributed by atoms with E-state index in [4.69, 9.17) is 17.1 Å². The number of amides is 1. The van der Waals surface area contributed by atoms with Gasteiger partial charge in [0.05, 0.1) is 5.02 Å². The Bertz CT molecular complexity index is 460. The van der Waals surface area contributed by atoms with Crippen molar-refractivity contribution in [3.63, 3.8) is 0 Å². The molecule has 17 heavy (non-hydrogen) atoms. The molecule has 0 atom stereocenters. The van der Waals surface area contributed by atoms with Crippen LogP contribution in [0.2, 0.25) is 5.02 Å². The van der Waals surface area contributed by atoms with Gasteiger partial charge in [0, 0.05) is 27.1 Å². The van der Waals surface area contributed by atoms with Crippen molar-refractivity contribution in [2.75, 3.05) is 13.1 Å². The van der Waals surface area contributed by atoms with E-state index in [-0.39, 0.29) is 5.91 Å². The Labute approximate surface area is 117 Å². The van der Waals surface area contributed by atoms with Crippen molar-refractivity contribution in [2.24, 2.45) is 5.11 Å². The maximum absolute atomic E-state index is 11.7. The minimum Gasteiger partial charge on any atom is -0.352 e. The summed E-state index contributed by atoms with van der Waals surface area (Å²) in [4.78, 5) is 14.3. The van der Waals surface area contributed by atoms with E-state index in [1.54, 1.807) is 18.2 Å². The first-order chi connectivity index (χ1) is 8.15. The van der Waals surface area contributed by atoms with Crippen molar-refractivity contribution >= 4 is 40.1 Å². The molecular weight excluding hydrogens is 354 g/mol. The van der Waals surface area contributed by atoms with Gasteiger partial charge in [-0.3, -0.25) is 4.79 Å². The van der Waals surface area contributed by atoms with Crippen LogP contribution in [0.1, 0.15) is 16.8 Å². The lowest BCUT2D eigenvalue weighted by molar-refractivity contribution is 0.0953. The van der Waals surface area contributed by atoms with Crippen molar-refractivity contribution in [1.82, 2.24) is 5.32 Å². The predicted molar refractivity (Wildman–Crippen MR) is 75.1 cm³/mol. The Morgan fingerprint density at radius 3 is 3.00 bits per heavy atom. The number of halogens is 2. The van der Waals surface area contributed by atoms with Gasteiger partial charge in [-0.2, -0.15) is 0 Å². The molecule has 0 aromatic heterocycles. The van der Waals surface area contributed by atoms with Crippen LogP contribution in [-0.4, -0.2) is 19.0 Å². The largest absolute Gasteiger partial charge is 0.352 e. The molecule has 0 aliphatic rings. The van der Waals surface area contributed by atoms with Crippen LogP contribution in [0.5, 0.6) is 0 Å². The monoisotopic (exact) mass is 364 g/mol. The van der Waals surface area contributed by atoms with Crippen molar-refractivity contribution in [3.05, 3.63) is 42.8 Å². The maximum Gasteiger partial charge on any atom is 0.251 e. The summed E-state index contributed by atoms with van der Waals surface area (Å²) < 4.78 is 0.907. The van der Waals surface area contributed by atoms with Gasteiger partial charge in [0.1, 0.15) is 0 Å². The second kappa shape index (κ2) is 7.37. The molecule has 1 aromatic carbocycles. The number of carbonyl (C=O) groups excluding carboxylic acids is 1. The number of hydrogen-bond donors (Lipinski definition) is 1. The van der Waals surface area contributed by atoms with Crippen LogP contribution >= 0.6 is 34.2 Å². The van der Waals surface area contributed by atoms with Crippen LogP contribution in [0.15, 0.2) is 23.3 Å². The van der Waals surface area contributed by atoms with E-state index in [1.807, 2.05) is 0 Å². The summed E-state index contributed by atoms with van der Waals surface area (Å²) in [6.07, 6.45) is 0.619. The Kier molecular flexibility index (Phi) is 6.10. The number of azide groups is 1. The van der Waals surface area contributed by atoms with Crippen LogP contribution in [0.25, 0.3) is 10.4 Å². The van der Waals surface area contributed by atoms with Crippen LogP contribution in [0.4, 0.5) is 0 Å². The zero-order valence-electron chi connectivity index (χ0n) is 8.86. The Balaban J connectivity index is 2.46. The summed E-state index contributed by atoms with van der Waals surface area (Å²) in [7, 11) is 0. The molecule has 0 bridgehead atoms. The first kappa shape index (κ1) is 14.1. The third-order valence-corrected chi connectivity index (χ3v) is 3.54. The molecule has 1 N–H and O–H groups in total. The average Bonchev–Trinajstić information content (AvgIpc) is 2.32. The normalized spacial score (nSPS) is 9.53. The smallest absolute Gasteiger partial charge is 0.251 e. The SMILES string of the molecule is [N-]=[N+]=NCCCNC(=O)c1ccc(I)c(Cl)c1. The van der Waals surface area contributed by atoms with Gasteiger partial charge in [-0.1, -0.05) is 16.7 Å². The summed E-state index contributed by atoms with van der Waals surface area (Å²) in [6.45, 7) is 0.853. The molecular formula is C10H10ClIN4O.